The van der Waals surface area contributed by atoms with Crippen LogP contribution in [0.5, 0.6) is 0 Å². The van der Waals surface area contributed by atoms with Crippen molar-refractivity contribution in [2.75, 3.05) is 11.4 Å². The second kappa shape index (κ2) is 11.5. The highest BCUT2D eigenvalue weighted by molar-refractivity contribution is 7.12. The summed E-state index contributed by atoms with van der Waals surface area (Å²) in [7, 11) is 0. The number of hydrogen-bond donors (Lipinski definition) is 2. The molecule has 0 bridgehead atoms. The maximum absolute atomic E-state index is 13.9. The third kappa shape index (κ3) is 6.40. The lowest BCUT2D eigenvalue weighted by Crippen LogP contribution is -2.52. The predicted octanol–water partition coefficient (Wildman–Crippen LogP) is 5.48. The number of anilines is 1. The van der Waals surface area contributed by atoms with Gasteiger partial charge in [-0.2, -0.15) is 0 Å². The van der Waals surface area contributed by atoms with Crippen LogP contribution in [-0.2, 0) is 9.59 Å². The molecule has 6 nitrogen and oxygen atoms in total. The van der Waals surface area contributed by atoms with E-state index >= 15 is 0 Å². The van der Waals surface area contributed by atoms with E-state index in [1.165, 1.54) is 16.2 Å². The first-order valence-electron chi connectivity index (χ1n) is 12.1. The van der Waals surface area contributed by atoms with Gasteiger partial charge in [0.15, 0.2) is 0 Å². The van der Waals surface area contributed by atoms with Crippen LogP contribution in [-0.4, -0.2) is 29.8 Å². The number of carbonyl (C=O) groups is 3. The summed E-state index contributed by atoms with van der Waals surface area (Å²) in [5, 5.41) is 7.67. The van der Waals surface area contributed by atoms with Crippen LogP contribution < -0.4 is 15.5 Å². The molecule has 0 radical (unpaired) electrons. The minimum Gasteiger partial charge on any atom is -0.349 e. The molecule has 3 amide bonds. The molecule has 3 aromatic rings. The Balaban J connectivity index is 2.08. The Kier molecular flexibility index (Phi) is 8.69. The Morgan fingerprint density at radius 3 is 2.28 bits per heavy atom. The second-order valence-electron chi connectivity index (χ2n) is 9.68. The first kappa shape index (κ1) is 27.1. The van der Waals surface area contributed by atoms with Crippen molar-refractivity contribution in [3.05, 3.63) is 87.1 Å². The van der Waals surface area contributed by atoms with E-state index in [0.29, 0.717) is 16.1 Å². The number of nitrogens with zero attached hydrogens (tertiary/aromatic N) is 1. The fourth-order valence-electron chi connectivity index (χ4n) is 3.81. The Labute approximate surface area is 217 Å². The Hall–Kier alpha value is -3.45. The van der Waals surface area contributed by atoms with Crippen molar-refractivity contribution in [3.63, 3.8) is 0 Å². The van der Waals surface area contributed by atoms with E-state index in [2.05, 4.69) is 10.6 Å². The van der Waals surface area contributed by atoms with Crippen molar-refractivity contribution in [1.29, 1.82) is 0 Å². The van der Waals surface area contributed by atoms with Gasteiger partial charge in [0.2, 0.25) is 11.8 Å². The Morgan fingerprint density at radius 2 is 1.67 bits per heavy atom. The fourth-order valence-corrected chi connectivity index (χ4v) is 4.45. The summed E-state index contributed by atoms with van der Waals surface area (Å²) in [6, 6.07) is 15.9. The summed E-state index contributed by atoms with van der Waals surface area (Å²) in [6.45, 7) is 11.6. The molecule has 1 aromatic heterocycles. The number of benzene rings is 2. The zero-order valence-electron chi connectivity index (χ0n) is 21.8. The van der Waals surface area contributed by atoms with Crippen LogP contribution >= 0.6 is 11.3 Å². The van der Waals surface area contributed by atoms with Crippen LogP contribution in [0.2, 0.25) is 0 Å². The highest BCUT2D eigenvalue weighted by Gasteiger charge is 2.35. The third-order valence-electron chi connectivity index (χ3n) is 6.49. The molecule has 0 spiro atoms. The van der Waals surface area contributed by atoms with Gasteiger partial charge in [-0.05, 0) is 75.2 Å². The van der Waals surface area contributed by atoms with Gasteiger partial charge in [0.25, 0.3) is 5.91 Å². The summed E-state index contributed by atoms with van der Waals surface area (Å²) in [6.07, 6.45) is 0.730. The first-order valence-corrected chi connectivity index (χ1v) is 13.0. The van der Waals surface area contributed by atoms with Gasteiger partial charge in [-0.3, -0.25) is 19.3 Å². The molecule has 0 aliphatic rings. The van der Waals surface area contributed by atoms with E-state index in [9.17, 15) is 14.4 Å². The van der Waals surface area contributed by atoms with Gasteiger partial charge >= 0.3 is 0 Å². The molecule has 0 saturated carbocycles. The molecule has 0 aliphatic carbocycles. The predicted molar refractivity (Wildman–Crippen MR) is 146 cm³/mol. The Morgan fingerprint density at radius 1 is 0.972 bits per heavy atom. The van der Waals surface area contributed by atoms with Crippen LogP contribution in [0.3, 0.4) is 0 Å². The molecule has 36 heavy (non-hydrogen) atoms. The number of hydrogen-bond acceptors (Lipinski definition) is 4. The summed E-state index contributed by atoms with van der Waals surface area (Å²) < 4.78 is 0. The van der Waals surface area contributed by atoms with Gasteiger partial charge in [-0.15, -0.1) is 11.3 Å². The average molecular weight is 506 g/mol. The molecule has 3 rings (SSSR count). The van der Waals surface area contributed by atoms with Crippen LogP contribution in [0, 0.1) is 20.8 Å². The van der Waals surface area contributed by atoms with Crippen molar-refractivity contribution in [1.82, 2.24) is 10.6 Å². The average Bonchev–Trinajstić information content (AvgIpc) is 3.38. The van der Waals surface area contributed by atoms with Crippen LogP contribution in [0.25, 0.3) is 0 Å². The standard InChI is InChI=1S/C29H35N3O3S/c1-7-29(5,6)31-28(35)26(22-15-13-19(2)14-16-22)32(23-11-8-10-20(3)21(23)4)25(33)18-30-27(34)24-12-9-17-36-24/h8-17,26H,7,18H2,1-6H3,(H,30,34)(H,31,35). The van der Waals surface area contributed by atoms with Crippen LogP contribution in [0.15, 0.2) is 60.0 Å². The molecule has 1 unspecified atom stereocenters. The van der Waals surface area contributed by atoms with Gasteiger partial charge in [0, 0.05) is 11.2 Å². The van der Waals surface area contributed by atoms with Crippen molar-refractivity contribution in [3.8, 4) is 0 Å². The van der Waals surface area contributed by atoms with E-state index in [1.54, 1.807) is 12.1 Å². The molecule has 7 heteroatoms. The minimum atomic E-state index is -0.914. The van der Waals surface area contributed by atoms with Crippen LogP contribution in [0.4, 0.5) is 5.69 Å². The van der Waals surface area contributed by atoms with Gasteiger partial charge in [0.1, 0.15) is 6.04 Å². The normalized spacial score (nSPS) is 12.1. The van der Waals surface area contributed by atoms with E-state index in [1.807, 2.05) is 89.4 Å². The molecule has 0 aliphatic heterocycles. The number of nitrogens with one attached hydrogen (secondary N) is 2. The summed E-state index contributed by atoms with van der Waals surface area (Å²) in [5.74, 6) is -0.962. The number of thiophene rings is 1. The maximum Gasteiger partial charge on any atom is 0.261 e. The maximum atomic E-state index is 13.9. The lowest BCUT2D eigenvalue weighted by Gasteiger charge is -2.35. The van der Waals surface area contributed by atoms with E-state index in [-0.39, 0.29) is 24.3 Å². The van der Waals surface area contributed by atoms with Crippen molar-refractivity contribution < 1.29 is 14.4 Å². The van der Waals surface area contributed by atoms with Crippen molar-refractivity contribution in [2.45, 2.75) is 59.5 Å². The van der Waals surface area contributed by atoms with Crippen LogP contribution in [0.1, 0.15) is 65.2 Å². The molecule has 1 atom stereocenters. The molecule has 0 saturated heterocycles. The van der Waals surface area contributed by atoms with Gasteiger partial charge in [0.05, 0.1) is 11.4 Å². The topological polar surface area (TPSA) is 78.5 Å². The SMILES string of the molecule is CCC(C)(C)NC(=O)C(c1ccc(C)cc1)N(C(=O)CNC(=O)c1cccs1)c1cccc(C)c1C. The highest BCUT2D eigenvalue weighted by Crippen LogP contribution is 2.32. The molecule has 190 valence electrons. The number of aryl methyl sites for hydroxylation is 2. The molecular weight excluding hydrogens is 470 g/mol. The molecule has 2 aromatic carbocycles. The minimum absolute atomic E-state index is 0.239. The van der Waals surface area contributed by atoms with Crippen molar-refractivity contribution in [2.24, 2.45) is 0 Å². The van der Waals surface area contributed by atoms with Gasteiger partial charge in [-0.1, -0.05) is 55.0 Å². The fraction of sp³-hybridized carbons (Fsp3) is 0.345. The highest BCUT2D eigenvalue weighted by atomic mass is 32.1. The zero-order chi connectivity index (χ0) is 26.5. The Bertz CT molecular complexity index is 1220. The smallest absolute Gasteiger partial charge is 0.261 e. The lowest BCUT2D eigenvalue weighted by molar-refractivity contribution is -0.127. The number of rotatable bonds is 9. The summed E-state index contributed by atoms with van der Waals surface area (Å²) in [5.41, 5.74) is 3.84. The van der Waals surface area contributed by atoms with Crippen molar-refractivity contribution >= 4 is 34.7 Å². The largest absolute Gasteiger partial charge is 0.349 e. The van der Waals surface area contributed by atoms with Gasteiger partial charge < -0.3 is 10.6 Å². The van der Waals surface area contributed by atoms with Gasteiger partial charge in [-0.25, -0.2) is 0 Å². The quantitative estimate of drug-likeness (QED) is 0.404. The monoisotopic (exact) mass is 505 g/mol. The van der Waals surface area contributed by atoms with E-state index in [0.717, 1.165) is 23.1 Å². The van der Waals surface area contributed by atoms with E-state index < -0.39 is 11.6 Å². The first-order chi connectivity index (χ1) is 17.0. The number of amides is 3. The summed E-state index contributed by atoms with van der Waals surface area (Å²) in [4.78, 5) is 42.3. The third-order valence-corrected chi connectivity index (χ3v) is 7.36. The molecule has 1 heterocycles. The molecule has 0 fully saturated rings. The molecular formula is C29H35N3O3S. The summed E-state index contributed by atoms with van der Waals surface area (Å²) >= 11 is 1.31. The molecule has 2 N–H and O–H groups in total. The second-order valence-corrected chi connectivity index (χ2v) is 10.6. The zero-order valence-corrected chi connectivity index (χ0v) is 22.7. The van der Waals surface area contributed by atoms with E-state index in [4.69, 9.17) is 0 Å². The number of carbonyl (C=O) groups excluding carboxylic acids is 3. The lowest BCUT2D eigenvalue weighted by atomic mass is 9.96.